The quantitative estimate of drug-likeness (QED) is 0.636. The molecule has 96 valence electrons. The molecular formula is C13H28N2O. The smallest absolute Gasteiger partial charge is 0.234 e. The molecule has 0 rings (SSSR count). The third-order valence-corrected chi connectivity index (χ3v) is 3.14. The van der Waals surface area contributed by atoms with Crippen LogP contribution in [0.2, 0.25) is 0 Å². The highest BCUT2D eigenvalue weighted by Crippen LogP contribution is 2.12. The number of hydrogen-bond donors (Lipinski definition) is 2. The first-order chi connectivity index (χ1) is 7.52. The SMILES string of the molecule is CCCCC(CC)CNC(C(N)=O)C(C)C. The molecule has 0 radical (unpaired) electrons. The zero-order valence-electron chi connectivity index (χ0n) is 11.3. The lowest BCUT2D eigenvalue weighted by Gasteiger charge is -2.22. The number of unbranched alkanes of at least 4 members (excludes halogenated alkanes) is 1. The van der Waals surface area contributed by atoms with Gasteiger partial charge in [-0.15, -0.1) is 0 Å². The molecule has 0 aliphatic rings. The van der Waals surface area contributed by atoms with E-state index in [2.05, 4.69) is 19.2 Å². The minimum atomic E-state index is -0.236. The summed E-state index contributed by atoms with van der Waals surface area (Å²) in [6.07, 6.45) is 4.91. The molecule has 0 spiro atoms. The van der Waals surface area contributed by atoms with Gasteiger partial charge < -0.3 is 11.1 Å². The van der Waals surface area contributed by atoms with Gasteiger partial charge in [-0.1, -0.05) is 47.0 Å². The number of primary amides is 1. The molecule has 3 heteroatoms. The highest BCUT2D eigenvalue weighted by atomic mass is 16.1. The zero-order valence-corrected chi connectivity index (χ0v) is 11.3. The fourth-order valence-corrected chi connectivity index (χ4v) is 1.90. The van der Waals surface area contributed by atoms with Gasteiger partial charge in [0, 0.05) is 0 Å². The van der Waals surface area contributed by atoms with E-state index in [4.69, 9.17) is 5.73 Å². The Labute approximate surface area is 100 Å². The van der Waals surface area contributed by atoms with Crippen LogP contribution in [0.4, 0.5) is 0 Å². The van der Waals surface area contributed by atoms with Crippen molar-refractivity contribution in [1.29, 1.82) is 0 Å². The summed E-state index contributed by atoms with van der Waals surface area (Å²) in [4.78, 5) is 11.2. The van der Waals surface area contributed by atoms with Crippen molar-refractivity contribution >= 4 is 5.91 Å². The molecule has 0 saturated heterocycles. The third-order valence-electron chi connectivity index (χ3n) is 3.14. The summed E-state index contributed by atoms with van der Waals surface area (Å²) in [7, 11) is 0. The van der Waals surface area contributed by atoms with Crippen LogP contribution in [0.1, 0.15) is 53.4 Å². The first kappa shape index (κ1) is 15.4. The summed E-state index contributed by atoms with van der Waals surface area (Å²) in [6.45, 7) is 9.37. The van der Waals surface area contributed by atoms with E-state index in [0.29, 0.717) is 5.92 Å². The van der Waals surface area contributed by atoms with Crippen LogP contribution in [-0.2, 0) is 4.79 Å². The average molecular weight is 228 g/mol. The Hall–Kier alpha value is -0.570. The molecular weight excluding hydrogens is 200 g/mol. The Bertz CT molecular complexity index is 192. The molecule has 0 aromatic carbocycles. The number of amides is 1. The molecule has 0 aromatic heterocycles. The Kier molecular flexibility index (Phi) is 8.26. The molecule has 0 heterocycles. The fourth-order valence-electron chi connectivity index (χ4n) is 1.90. The van der Waals surface area contributed by atoms with E-state index in [1.54, 1.807) is 0 Å². The number of rotatable bonds is 9. The van der Waals surface area contributed by atoms with E-state index in [1.807, 2.05) is 13.8 Å². The molecule has 3 N–H and O–H groups in total. The van der Waals surface area contributed by atoms with Gasteiger partial charge in [0.2, 0.25) is 5.91 Å². The second-order valence-electron chi connectivity index (χ2n) is 4.95. The molecule has 16 heavy (non-hydrogen) atoms. The van der Waals surface area contributed by atoms with Crippen LogP contribution in [-0.4, -0.2) is 18.5 Å². The highest BCUT2D eigenvalue weighted by Gasteiger charge is 2.19. The Morgan fingerprint density at radius 1 is 1.31 bits per heavy atom. The van der Waals surface area contributed by atoms with Gasteiger partial charge in [-0.05, 0) is 24.8 Å². The van der Waals surface area contributed by atoms with Gasteiger partial charge in [-0.3, -0.25) is 4.79 Å². The molecule has 0 saturated carbocycles. The topological polar surface area (TPSA) is 55.1 Å². The van der Waals surface area contributed by atoms with Gasteiger partial charge in [-0.2, -0.15) is 0 Å². The lowest BCUT2D eigenvalue weighted by molar-refractivity contribution is -0.121. The second kappa shape index (κ2) is 8.57. The fraction of sp³-hybridized carbons (Fsp3) is 0.923. The third kappa shape index (κ3) is 6.11. The Morgan fingerprint density at radius 2 is 1.94 bits per heavy atom. The summed E-state index contributed by atoms with van der Waals surface area (Å²) in [5, 5.41) is 3.30. The lowest BCUT2D eigenvalue weighted by Crippen LogP contribution is -2.46. The second-order valence-corrected chi connectivity index (χ2v) is 4.95. The van der Waals surface area contributed by atoms with Crippen molar-refractivity contribution in [1.82, 2.24) is 5.32 Å². The zero-order chi connectivity index (χ0) is 12.6. The van der Waals surface area contributed by atoms with Crippen molar-refractivity contribution in [3.63, 3.8) is 0 Å². The van der Waals surface area contributed by atoms with Gasteiger partial charge in [0.15, 0.2) is 0 Å². The molecule has 2 unspecified atom stereocenters. The molecule has 0 bridgehead atoms. The maximum atomic E-state index is 11.2. The standard InChI is InChI=1S/C13H28N2O/c1-5-7-8-11(6-2)9-15-12(10(3)4)13(14)16/h10-12,15H,5-9H2,1-4H3,(H2,14,16). The van der Waals surface area contributed by atoms with Gasteiger partial charge in [0.1, 0.15) is 0 Å². The van der Waals surface area contributed by atoms with Gasteiger partial charge in [0.25, 0.3) is 0 Å². The van der Waals surface area contributed by atoms with Gasteiger partial charge >= 0.3 is 0 Å². The summed E-state index contributed by atoms with van der Waals surface area (Å²) in [5.74, 6) is 0.696. The van der Waals surface area contributed by atoms with Crippen molar-refractivity contribution in [2.45, 2.75) is 59.4 Å². The van der Waals surface area contributed by atoms with Crippen LogP contribution in [0.25, 0.3) is 0 Å². The molecule has 0 aliphatic carbocycles. The monoisotopic (exact) mass is 228 g/mol. The van der Waals surface area contributed by atoms with Crippen LogP contribution in [0, 0.1) is 11.8 Å². The minimum absolute atomic E-state index is 0.185. The summed E-state index contributed by atoms with van der Waals surface area (Å²) >= 11 is 0. The van der Waals surface area contributed by atoms with Crippen molar-refractivity contribution in [3.05, 3.63) is 0 Å². The summed E-state index contributed by atoms with van der Waals surface area (Å²) in [5.41, 5.74) is 5.36. The highest BCUT2D eigenvalue weighted by molar-refractivity contribution is 5.80. The number of carbonyl (C=O) groups is 1. The first-order valence-electron chi connectivity index (χ1n) is 6.55. The minimum Gasteiger partial charge on any atom is -0.368 e. The van der Waals surface area contributed by atoms with Crippen molar-refractivity contribution in [2.24, 2.45) is 17.6 Å². The largest absolute Gasteiger partial charge is 0.368 e. The molecule has 0 aromatic rings. The van der Waals surface area contributed by atoms with Crippen molar-refractivity contribution in [2.75, 3.05) is 6.54 Å². The number of nitrogens with one attached hydrogen (secondary N) is 1. The van der Waals surface area contributed by atoms with E-state index >= 15 is 0 Å². The summed E-state index contributed by atoms with van der Waals surface area (Å²) in [6, 6.07) is -0.185. The van der Waals surface area contributed by atoms with Crippen molar-refractivity contribution < 1.29 is 4.79 Å². The van der Waals surface area contributed by atoms with E-state index in [9.17, 15) is 4.79 Å². The Balaban J connectivity index is 4.01. The van der Waals surface area contributed by atoms with Crippen LogP contribution < -0.4 is 11.1 Å². The normalized spacial score (nSPS) is 15.1. The number of carbonyl (C=O) groups excluding carboxylic acids is 1. The lowest BCUT2D eigenvalue weighted by atomic mass is 9.97. The maximum Gasteiger partial charge on any atom is 0.234 e. The predicted molar refractivity (Wildman–Crippen MR) is 69.1 cm³/mol. The van der Waals surface area contributed by atoms with Crippen LogP contribution >= 0.6 is 0 Å². The van der Waals surface area contributed by atoms with E-state index in [0.717, 1.165) is 13.0 Å². The average Bonchev–Trinajstić information content (AvgIpc) is 2.22. The maximum absolute atomic E-state index is 11.2. The van der Waals surface area contributed by atoms with Gasteiger partial charge in [0.05, 0.1) is 6.04 Å². The van der Waals surface area contributed by atoms with E-state index in [-0.39, 0.29) is 17.9 Å². The van der Waals surface area contributed by atoms with Crippen molar-refractivity contribution in [3.8, 4) is 0 Å². The predicted octanol–water partition coefficient (Wildman–Crippen LogP) is 2.30. The first-order valence-corrected chi connectivity index (χ1v) is 6.55. The summed E-state index contributed by atoms with van der Waals surface area (Å²) < 4.78 is 0. The Morgan fingerprint density at radius 3 is 2.31 bits per heavy atom. The molecule has 0 fully saturated rings. The molecule has 1 amide bonds. The van der Waals surface area contributed by atoms with E-state index in [1.165, 1.54) is 19.3 Å². The van der Waals surface area contributed by atoms with Crippen LogP contribution in [0.15, 0.2) is 0 Å². The van der Waals surface area contributed by atoms with Crippen LogP contribution in [0.5, 0.6) is 0 Å². The molecule has 0 aliphatic heterocycles. The van der Waals surface area contributed by atoms with E-state index < -0.39 is 0 Å². The molecule has 2 atom stereocenters. The molecule has 3 nitrogen and oxygen atoms in total. The number of hydrogen-bond acceptors (Lipinski definition) is 2. The number of nitrogens with two attached hydrogens (primary N) is 1. The van der Waals surface area contributed by atoms with Gasteiger partial charge in [-0.25, -0.2) is 0 Å². The van der Waals surface area contributed by atoms with Crippen LogP contribution in [0.3, 0.4) is 0 Å².